The first-order chi connectivity index (χ1) is 20.8. The quantitative estimate of drug-likeness (QED) is 0.180. The molecule has 43 heavy (non-hydrogen) atoms. The minimum absolute atomic E-state index is 0.122. The van der Waals surface area contributed by atoms with Gasteiger partial charge in [-0.15, -0.1) is 0 Å². The normalized spacial score (nSPS) is 13.7. The Morgan fingerprint density at radius 1 is 0.907 bits per heavy atom. The molecule has 0 bridgehead atoms. The van der Waals surface area contributed by atoms with Gasteiger partial charge in [-0.3, -0.25) is 14.4 Å². The molecule has 6 N–H and O–H groups in total. The highest BCUT2D eigenvalue weighted by Crippen LogP contribution is 2.32. The van der Waals surface area contributed by atoms with Crippen molar-refractivity contribution in [3.8, 4) is 11.1 Å². The van der Waals surface area contributed by atoms with Gasteiger partial charge in [0.2, 0.25) is 11.8 Å². The number of carboxylic acids is 2. The molecule has 1 unspecified atom stereocenters. The summed E-state index contributed by atoms with van der Waals surface area (Å²) in [6.45, 7) is 0. The van der Waals surface area contributed by atoms with E-state index in [9.17, 15) is 37.5 Å². The van der Waals surface area contributed by atoms with Crippen molar-refractivity contribution >= 4 is 35.5 Å². The number of benzene rings is 3. The van der Waals surface area contributed by atoms with Crippen LogP contribution in [0.5, 0.6) is 0 Å². The SMILES string of the molecule is [2H]N(C(=O)CC[C@H](N)C(=O)O)[C@@H](CSCc1ccc(-c2cccc(C(F)(F)F)c2)cc1)C(=O)NC(C(=O)O)c1ccccc1. The molecule has 0 aromatic heterocycles. The molecular weight excluding hydrogens is 587 g/mol. The number of halogens is 3. The maximum atomic E-state index is 13.3. The van der Waals surface area contributed by atoms with Crippen LogP contribution in [-0.2, 0) is 31.1 Å². The minimum Gasteiger partial charge on any atom is -0.480 e. The molecule has 2 amide bonds. The molecule has 3 aromatic carbocycles. The van der Waals surface area contributed by atoms with Gasteiger partial charge >= 0.3 is 18.1 Å². The van der Waals surface area contributed by atoms with Crippen molar-refractivity contribution in [2.75, 3.05) is 5.75 Å². The average Bonchev–Trinajstić information content (AvgIpc) is 3.00. The van der Waals surface area contributed by atoms with E-state index in [-0.39, 0.29) is 17.7 Å². The lowest BCUT2D eigenvalue weighted by molar-refractivity contribution is -0.142. The molecule has 0 aliphatic rings. The lowest BCUT2D eigenvalue weighted by atomic mass is 10.0. The maximum absolute atomic E-state index is 13.3. The Balaban J connectivity index is 1.73. The van der Waals surface area contributed by atoms with Gasteiger partial charge in [-0.2, -0.15) is 24.9 Å². The Kier molecular flexibility index (Phi) is 11.2. The van der Waals surface area contributed by atoms with Crippen LogP contribution in [0.15, 0.2) is 78.9 Å². The molecule has 0 aliphatic heterocycles. The number of hydrogen-bond acceptors (Lipinski definition) is 6. The molecule has 228 valence electrons. The molecule has 0 saturated heterocycles. The summed E-state index contributed by atoms with van der Waals surface area (Å²) in [5.74, 6) is -4.29. The molecule has 0 saturated carbocycles. The van der Waals surface area contributed by atoms with Gasteiger partial charge in [0.15, 0.2) is 7.45 Å². The second-order valence-electron chi connectivity index (χ2n) is 9.50. The number of nitrogens with one attached hydrogen (secondary N) is 2. The summed E-state index contributed by atoms with van der Waals surface area (Å²) in [6, 6.07) is 15.2. The first-order valence-corrected chi connectivity index (χ1v) is 14.1. The number of carboxylic acid groups (broad SMARTS) is 2. The average molecular weight is 619 g/mol. The monoisotopic (exact) mass is 618 g/mol. The van der Waals surface area contributed by atoms with Crippen LogP contribution in [0.2, 0.25) is 1.41 Å². The molecule has 3 atom stereocenters. The first kappa shape index (κ1) is 31.6. The van der Waals surface area contributed by atoms with E-state index in [0.717, 1.165) is 17.7 Å². The molecule has 0 spiro atoms. The van der Waals surface area contributed by atoms with Crippen LogP contribution in [-0.4, -0.2) is 51.8 Å². The molecule has 0 radical (unpaired) electrons. The third-order valence-electron chi connectivity index (χ3n) is 6.28. The summed E-state index contributed by atoms with van der Waals surface area (Å²) >= 11 is 1.17. The summed E-state index contributed by atoms with van der Waals surface area (Å²) in [4.78, 5) is 48.9. The Morgan fingerprint density at radius 3 is 2.19 bits per heavy atom. The van der Waals surface area contributed by atoms with Crippen molar-refractivity contribution < 1.29 is 44.0 Å². The molecule has 9 nitrogen and oxygen atoms in total. The number of rotatable bonds is 14. The number of nitrogens with two attached hydrogens (primary N) is 1. The summed E-state index contributed by atoms with van der Waals surface area (Å²) < 4.78 is 47.6. The van der Waals surface area contributed by atoms with Gasteiger partial charge in [-0.1, -0.05) is 66.7 Å². The smallest absolute Gasteiger partial charge is 0.416 e. The van der Waals surface area contributed by atoms with Crippen LogP contribution in [0.4, 0.5) is 13.2 Å². The molecule has 0 aliphatic carbocycles. The molecule has 3 rings (SSSR count). The molecular formula is C30H30F3N3O6S. The zero-order chi connectivity index (χ0) is 32.4. The van der Waals surface area contributed by atoms with E-state index in [1.807, 2.05) is 0 Å². The molecule has 13 heteroatoms. The summed E-state index contributed by atoms with van der Waals surface area (Å²) in [7, 11) is 0. The molecule has 3 aromatic rings. The number of aliphatic carboxylic acids is 2. The van der Waals surface area contributed by atoms with Crippen LogP contribution in [0.3, 0.4) is 0 Å². The zero-order valence-corrected chi connectivity index (χ0v) is 23.5. The largest absolute Gasteiger partial charge is 0.480 e. The van der Waals surface area contributed by atoms with Gasteiger partial charge in [0.25, 0.3) is 0 Å². The van der Waals surface area contributed by atoms with E-state index >= 15 is 0 Å². The van der Waals surface area contributed by atoms with Gasteiger partial charge in [0, 0.05) is 17.9 Å². The predicted molar refractivity (Wildman–Crippen MR) is 155 cm³/mol. The van der Waals surface area contributed by atoms with Crippen LogP contribution >= 0.6 is 11.8 Å². The third kappa shape index (κ3) is 10.1. The standard InChI is InChI=1S/C30H30F3N3O6S/c31-30(32,33)22-8-4-7-21(15-22)19-11-9-18(10-12-19)16-43-17-24(35-25(37)14-13-23(34)28(39)40)27(38)36-26(29(41)42)20-5-2-1-3-6-20/h1-12,15,23-24,26H,13-14,16-17,34H2,(H,35,37)(H,36,38)(H,39,40)(H,41,42)/t23-,24-,26?/m0/s1/i/hD. The van der Waals surface area contributed by atoms with E-state index in [1.54, 1.807) is 48.5 Å². The fraction of sp³-hybridized carbons (Fsp3) is 0.267. The minimum atomic E-state index is -4.48. The Labute approximate surface area is 251 Å². The van der Waals surface area contributed by atoms with E-state index in [4.69, 9.17) is 12.3 Å². The number of alkyl halides is 3. The highest BCUT2D eigenvalue weighted by molar-refractivity contribution is 7.98. The Hall–Kier alpha value is -4.36. The van der Waals surface area contributed by atoms with Crippen molar-refractivity contribution in [1.82, 2.24) is 10.6 Å². The van der Waals surface area contributed by atoms with E-state index in [1.165, 1.54) is 30.0 Å². The summed E-state index contributed by atoms with van der Waals surface area (Å²) in [5, 5.41) is 21.5. The van der Waals surface area contributed by atoms with Gasteiger partial charge < -0.3 is 26.6 Å². The Morgan fingerprint density at radius 2 is 1.58 bits per heavy atom. The third-order valence-corrected chi connectivity index (χ3v) is 7.37. The fourth-order valence-corrected chi connectivity index (χ4v) is 4.94. The number of carbonyl (C=O) groups is 4. The van der Waals surface area contributed by atoms with Gasteiger partial charge in [-0.25, -0.2) is 4.79 Å². The number of thioether (sulfide) groups is 1. The predicted octanol–water partition coefficient (Wildman–Crippen LogP) is 4.22. The van der Waals surface area contributed by atoms with Crippen molar-refractivity contribution in [3.63, 3.8) is 0 Å². The second-order valence-corrected chi connectivity index (χ2v) is 10.5. The lowest BCUT2D eigenvalue weighted by Gasteiger charge is -2.22. The van der Waals surface area contributed by atoms with Gasteiger partial charge in [0.1, 0.15) is 12.1 Å². The van der Waals surface area contributed by atoms with Gasteiger partial charge in [-0.05, 0) is 40.8 Å². The van der Waals surface area contributed by atoms with Crippen LogP contribution in [0.25, 0.3) is 11.1 Å². The number of amides is 2. The van der Waals surface area contributed by atoms with Crippen LogP contribution in [0.1, 0.15) is 35.6 Å². The first-order valence-electron chi connectivity index (χ1n) is 13.4. The number of carbonyl (C=O) groups excluding carboxylic acids is 2. The van der Waals surface area contributed by atoms with Crippen LogP contribution in [0, 0.1) is 0 Å². The lowest BCUT2D eigenvalue weighted by Crippen LogP contribution is -2.50. The van der Waals surface area contributed by atoms with E-state index in [0.29, 0.717) is 22.2 Å². The van der Waals surface area contributed by atoms with Crippen LogP contribution < -0.4 is 16.4 Å². The highest BCUT2D eigenvalue weighted by Gasteiger charge is 2.30. The van der Waals surface area contributed by atoms with Crippen molar-refractivity contribution in [3.05, 3.63) is 95.6 Å². The highest BCUT2D eigenvalue weighted by atomic mass is 32.2. The number of hydrogen-bond donors (Lipinski definition) is 5. The molecule has 0 fully saturated rings. The fourth-order valence-electron chi connectivity index (χ4n) is 3.94. The molecule has 0 heterocycles. The van der Waals surface area contributed by atoms with Crippen molar-refractivity contribution in [1.29, 1.82) is 0 Å². The summed E-state index contributed by atoms with van der Waals surface area (Å²) in [6.07, 6.45) is -5.18. The zero-order valence-electron chi connectivity index (χ0n) is 23.7. The summed E-state index contributed by atoms with van der Waals surface area (Å²) in [5.41, 5.74) is 6.65. The maximum Gasteiger partial charge on any atom is 0.416 e. The van der Waals surface area contributed by atoms with Crippen molar-refractivity contribution in [2.45, 2.75) is 42.9 Å². The van der Waals surface area contributed by atoms with E-state index < -0.39 is 60.0 Å². The topological polar surface area (TPSA) is 159 Å². The van der Waals surface area contributed by atoms with Gasteiger partial charge in [0.05, 0.1) is 5.56 Å². The second kappa shape index (κ2) is 15.2. The Bertz CT molecular complexity index is 1460. The van der Waals surface area contributed by atoms with Crippen molar-refractivity contribution in [2.24, 2.45) is 5.73 Å². The van der Waals surface area contributed by atoms with E-state index in [2.05, 4.69) is 5.32 Å².